The fraction of sp³-hybridized carbons (Fsp3) is 0.125. The predicted octanol–water partition coefficient (Wildman–Crippen LogP) is 2.48. The summed E-state index contributed by atoms with van der Waals surface area (Å²) in [6.07, 6.45) is 0. The number of nitro groups is 1. The summed E-state index contributed by atoms with van der Waals surface area (Å²) < 4.78 is 0. The number of hydrogen-bond donors (Lipinski definition) is 0. The highest BCUT2D eigenvalue weighted by atomic mass is 32.2. The maximum atomic E-state index is 10.4. The Bertz CT molecular complexity index is 384. The van der Waals surface area contributed by atoms with Gasteiger partial charge in [0.1, 0.15) is 5.40 Å². The molecule has 0 saturated heterocycles. The number of hydrogen-bond acceptors (Lipinski definition) is 4. The van der Waals surface area contributed by atoms with Gasteiger partial charge in [0.15, 0.2) is 0 Å². The third kappa shape index (κ3) is 2.20. The summed E-state index contributed by atoms with van der Waals surface area (Å²) in [5.74, 6) is 0. The standard InChI is InChI=1S/C8H6N2O2S/c1-6-2-3-7(10(11)12)4-8(6)13-5-9/h2-4H,1H3. The monoisotopic (exact) mass is 194 g/mol. The molecule has 0 aliphatic carbocycles. The second-order valence-electron chi connectivity index (χ2n) is 2.40. The number of nitrogens with zero attached hydrogens (tertiary/aromatic N) is 2. The number of nitriles is 1. The van der Waals surface area contributed by atoms with Crippen LogP contribution in [0.15, 0.2) is 23.1 Å². The van der Waals surface area contributed by atoms with Crippen LogP contribution in [0.5, 0.6) is 0 Å². The Morgan fingerprint density at radius 3 is 2.85 bits per heavy atom. The largest absolute Gasteiger partial charge is 0.270 e. The van der Waals surface area contributed by atoms with Gasteiger partial charge in [0.2, 0.25) is 0 Å². The molecule has 0 heterocycles. The van der Waals surface area contributed by atoms with Gasteiger partial charge in [0, 0.05) is 17.0 Å². The summed E-state index contributed by atoms with van der Waals surface area (Å²) in [6.45, 7) is 1.81. The van der Waals surface area contributed by atoms with E-state index < -0.39 is 4.92 Å². The van der Waals surface area contributed by atoms with Crippen LogP contribution in [0.1, 0.15) is 5.56 Å². The summed E-state index contributed by atoms with van der Waals surface area (Å²) in [5, 5.41) is 20.7. The molecule has 1 aromatic carbocycles. The van der Waals surface area contributed by atoms with Gasteiger partial charge in [0.05, 0.1) is 4.92 Å². The normalized spacial score (nSPS) is 9.23. The molecule has 0 bridgehead atoms. The summed E-state index contributed by atoms with van der Waals surface area (Å²) >= 11 is 0.935. The molecule has 0 amide bonds. The highest BCUT2D eigenvalue weighted by Gasteiger charge is 2.08. The highest BCUT2D eigenvalue weighted by molar-refractivity contribution is 8.03. The number of nitro benzene ring substituents is 1. The molecule has 0 saturated carbocycles. The Labute approximate surface area is 79.3 Å². The third-order valence-corrected chi connectivity index (χ3v) is 2.29. The van der Waals surface area contributed by atoms with Crippen LogP contribution >= 0.6 is 11.8 Å². The van der Waals surface area contributed by atoms with Gasteiger partial charge in [0.25, 0.3) is 5.69 Å². The minimum Gasteiger partial charge on any atom is -0.258 e. The third-order valence-electron chi connectivity index (χ3n) is 1.54. The molecule has 5 heteroatoms. The molecule has 0 atom stereocenters. The summed E-state index contributed by atoms with van der Waals surface area (Å²) in [6, 6.07) is 4.47. The average Bonchev–Trinajstić information content (AvgIpc) is 2.08. The van der Waals surface area contributed by atoms with E-state index in [1.165, 1.54) is 12.1 Å². The van der Waals surface area contributed by atoms with Crippen molar-refractivity contribution in [2.24, 2.45) is 0 Å². The minimum atomic E-state index is -0.471. The van der Waals surface area contributed by atoms with Crippen LogP contribution in [0.2, 0.25) is 0 Å². The van der Waals surface area contributed by atoms with Crippen molar-refractivity contribution in [3.8, 4) is 5.40 Å². The van der Waals surface area contributed by atoms with Gasteiger partial charge in [-0.25, -0.2) is 0 Å². The zero-order valence-corrected chi connectivity index (χ0v) is 7.67. The number of benzene rings is 1. The molecule has 0 radical (unpaired) electrons. The van der Waals surface area contributed by atoms with Gasteiger partial charge in [-0.1, -0.05) is 6.07 Å². The van der Waals surface area contributed by atoms with E-state index in [4.69, 9.17) is 5.26 Å². The predicted molar refractivity (Wildman–Crippen MR) is 49.3 cm³/mol. The highest BCUT2D eigenvalue weighted by Crippen LogP contribution is 2.25. The first-order chi connectivity index (χ1) is 6.15. The lowest BCUT2D eigenvalue weighted by Crippen LogP contribution is -1.88. The Balaban J connectivity index is 3.12. The van der Waals surface area contributed by atoms with Crippen LogP contribution in [-0.2, 0) is 0 Å². The van der Waals surface area contributed by atoms with Gasteiger partial charge in [-0.15, -0.1) is 0 Å². The maximum Gasteiger partial charge on any atom is 0.270 e. The van der Waals surface area contributed by atoms with E-state index in [0.717, 1.165) is 17.3 Å². The van der Waals surface area contributed by atoms with Crippen LogP contribution in [0.4, 0.5) is 5.69 Å². The average molecular weight is 194 g/mol. The molecule has 0 aliphatic heterocycles. The topological polar surface area (TPSA) is 66.9 Å². The number of thiocyanates is 1. The first-order valence-corrected chi connectivity index (χ1v) is 4.28. The zero-order valence-electron chi connectivity index (χ0n) is 6.85. The summed E-state index contributed by atoms with van der Waals surface area (Å²) in [4.78, 5) is 10.5. The molecule has 0 fully saturated rings. The Hall–Kier alpha value is -1.54. The lowest BCUT2D eigenvalue weighted by molar-refractivity contribution is -0.385. The van der Waals surface area contributed by atoms with Crippen LogP contribution < -0.4 is 0 Å². The molecule has 0 aliphatic rings. The van der Waals surface area contributed by atoms with Crippen molar-refractivity contribution < 1.29 is 4.92 Å². The molecular formula is C8H6N2O2S. The molecule has 1 aromatic rings. The fourth-order valence-corrected chi connectivity index (χ4v) is 1.37. The number of thioether (sulfide) groups is 1. The van der Waals surface area contributed by atoms with Crippen molar-refractivity contribution in [1.82, 2.24) is 0 Å². The molecule has 66 valence electrons. The second kappa shape index (κ2) is 3.92. The fourth-order valence-electron chi connectivity index (χ4n) is 0.861. The van der Waals surface area contributed by atoms with Gasteiger partial charge < -0.3 is 0 Å². The first kappa shape index (κ1) is 9.55. The molecule has 1 rings (SSSR count). The SMILES string of the molecule is Cc1ccc([N+](=O)[O-])cc1SC#N. The van der Waals surface area contributed by atoms with E-state index in [2.05, 4.69) is 0 Å². The van der Waals surface area contributed by atoms with Crippen LogP contribution in [0.25, 0.3) is 0 Å². The summed E-state index contributed by atoms with van der Waals surface area (Å²) in [7, 11) is 0. The Morgan fingerprint density at radius 2 is 2.31 bits per heavy atom. The van der Waals surface area contributed by atoms with E-state index in [-0.39, 0.29) is 5.69 Å². The van der Waals surface area contributed by atoms with Crippen LogP contribution in [0, 0.1) is 27.7 Å². The van der Waals surface area contributed by atoms with Crippen molar-refractivity contribution in [1.29, 1.82) is 5.26 Å². The zero-order chi connectivity index (χ0) is 9.84. The Kier molecular flexibility index (Phi) is 2.88. The van der Waals surface area contributed by atoms with E-state index in [1.807, 2.05) is 12.3 Å². The van der Waals surface area contributed by atoms with Crippen LogP contribution in [-0.4, -0.2) is 4.92 Å². The second-order valence-corrected chi connectivity index (χ2v) is 3.23. The van der Waals surface area contributed by atoms with Crippen molar-refractivity contribution in [2.45, 2.75) is 11.8 Å². The first-order valence-electron chi connectivity index (χ1n) is 3.46. The van der Waals surface area contributed by atoms with Gasteiger partial charge in [-0.3, -0.25) is 10.1 Å². The molecule has 4 nitrogen and oxygen atoms in total. The molecule has 0 N–H and O–H groups in total. The van der Waals surface area contributed by atoms with Gasteiger partial charge in [-0.05, 0) is 24.2 Å². The van der Waals surface area contributed by atoms with Crippen molar-refractivity contribution in [3.63, 3.8) is 0 Å². The van der Waals surface area contributed by atoms with E-state index >= 15 is 0 Å². The van der Waals surface area contributed by atoms with E-state index in [0.29, 0.717) is 4.90 Å². The van der Waals surface area contributed by atoms with Gasteiger partial charge in [-0.2, -0.15) is 5.26 Å². The van der Waals surface area contributed by atoms with Crippen molar-refractivity contribution in [3.05, 3.63) is 33.9 Å². The number of rotatable bonds is 2. The minimum absolute atomic E-state index is 0.0170. The van der Waals surface area contributed by atoms with E-state index in [1.54, 1.807) is 6.07 Å². The summed E-state index contributed by atoms with van der Waals surface area (Å²) in [5.41, 5.74) is 0.889. The molecule has 0 aromatic heterocycles. The number of aryl methyl sites for hydroxylation is 1. The van der Waals surface area contributed by atoms with Crippen molar-refractivity contribution in [2.75, 3.05) is 0 Å². The van der Waals surface area contributed by atoms with Gasteiger partial charge >= 0.3 is 0 Å². The lowest BCUT2D eigenvalue weighted by Gasteiger charge is -1.98. The maximum absolute atomic E-state index is 10.4. The molecular weight excluding hydrogens is 188 g/mol. The molecule has 13 heavy (non-hydrogen) atoms. The van der Waals surface area contributed by atoms with Crippen molar-refractivity contribution >= 4 is 17.4 Å². The van der Waals surface area contributed by atoms with Crippen LogP contribution in [0.3, 0.4) is 0 Å². The number of non-ortho nitro benzene ring substituents is 1. The Morgan fingerprint density at radius 1 is 1.62 bits per heavy atom. The smallest absolute Gasteiger partial charge is 0.258 e. The molecule has 0 spiro atoms. The lowest BCUT2D eigenvalue weighted by atomic mass is 10.2. The van der Waals surface area contributed by atoms with E-state index in [9.17, 15) is 10.1 Å². The molecule has 0 unspecified atom stereocenters. The quantitative estimate of drug-likeness (QED) is 0.314.